The van der Waals surface area contributed by atoms with Gasteiger partial charge in [-0.3, -0.25) is 4.79 Å². The summed E-state index contributed by atoms with van der Waals surface area (Å²) in [6, 6.07) is 12.5. The van der Waals surface area contributed by atoms with E-state index in [1.165, 1.54) is 6.26 Å². The van der Waals surface area contributed by atoms with Crippen molar-refractivity contribution in [2.75, 3.05) is 7.05 Å². The molecule has 0 saturated carbocycles. The molecule has 0 aliphatic carbocycles. The summed E-state index contributed by atoms with van der Waals surface area (Å²) in [5.41, 5.74) is 1.58. The maximum atomic E-state index is 11.9. The average Bonchev–Trinajstić information content (AvgIpc) is 2.92. The number of furan rings is 1. The van der Waals surface area contributed by atoms with Crippen LogP contribution >= 0.6 is 0 Å². The molecule has 2 rings (SSSR count). The molecule has 0 spiro atoms. The van der Waals surface area contributed by atoms with Gasteiger partial charge in [-0.2, -0.15) is 5.26 Å². The highest BCUT2D eigenvalue weighted by molar-refractivity contribution is 5.91. The van der Waals surface area contributed by atoms with Crippen LogP contribution in [0.3, 0.4) is 0 Å². The summed E-state index contributed by atoms with van der Waals surface area (Å²) in [7, 11) is 1.71. The molecular formula is C14H12N2O2. The second-order valence-electron chi connectivity index (χ2n) is 3.95. The van der Waals surface area contributed by atoms with Crippen LogP contribution in [-0.4, -0.2) is 17.9 Å². The quantitative estimate of drug-likeness (QED) is 0.827. The summed E-state index contributed by atoms with van der Waals surface area (Å²) in [5.74, 6) is 0.163. The number of amides is 1. The van der Waals surface area contributed by atoms with E-state index >= 15 is 0 Å². The van der Waals surface area contributed by atoms with E-state index in [0.29, 0.717) is 17.9 Å². The smallest absolute Gasteiger partial charge is 0.289 e. The second-order valence-corrected chi connectivity index (χ2v) is 3.95. The second kappa shape index (κ2) is 5.19. The van der Waals surface area contributed by atoms with Crippen molar-refractivity contribution in [2.24, 2.45) is 0 Å². The molecule has 18 heavy (non-hydrogen) atoms. The van der Waals surface area contributed by atoms with Crippen LogP contribution in [0.25, 0.3) is 0 Å². The zero-order valence-corrected chi connectivity index (χ0v) is 9.96. The van der Waals surface area contributed by atoms with Crippen LogP contribution in [0.1, 0.15) is 21.7 Å². The number of nitriles is 1. The molecule has 0 fully saturated rings. The van der Waals surface area contributed by atoms with Gasteiger partial charge in [-0.1, -0.05) is 12.1 Å². The van der Waals surface area contributed by atoms with Gasteiger partial charge < -0.3 is 9.32 Å². The summed E-state index contributed by atoms with van der Waals surface area (Å²) in [6.45, 7) is 0.477. The van der Waals surface area contributed by atoms with Crippen molar-refractivity contribution in [3.8, 4) is 6.07 Å². The topological polar surface area (TPSA) is 57.2 Å². The van der Waals surface area contributed by atoms with Crippen LogP contribution in [0.4, 0.5) is 0 Å². The van der Waals surface area contributed by atoms with Crippen molar-refractivity contribution in [3.63, 3.8) is 0 Å². The standard InChI is InChI=1S/C14H12N2O2/c1-16(14(17)13-3-2-8-18-13)10-12-6-4-11(9-15)5-7-12/h2-8H,10H2,1H3. The molecule has 0 saturated heterocycles. The minimum absolute atomic E-state index is 0.163. The van der Waals surface area contributed by atoms with E-state index < -0.39 is 0 Å². The molecular weight excluding hydrogens is 228 g/mol. The fourth-order valence-corrected chi connectivity index (χ4v) is 1.62. The number of carbonyl (C=O) groups is 1. The van der Waals surface area contributed by atoms with Crippen LogP contribution in [-0.2, 0) is 6.54 Å². The van der Waals surface area contributed by atoms with E-state index in [2.05, 4.69) is 6.07 Å². The van der Waals surface area contributed by atoms with E-state index in [1.54, 1.807) is 36.2 Å². The zero-order chi connectivity index (χ0) is 13.0. The van der Waals surface area contributed by atoms with Crippen LogP contribution in [0, 0.1) is 11.3 Å². The van der Waals surface area contributed by atoms with Gasteiger partial charge in [0.05, 0.1) is 17.9 Å². The number of benzene rings is 1. The first-order valence-electron chi connectivity index (χ1n) is 5.48. The molecule has 0 radical (unpaired) electrons. The number of hydrogen-bond donors (Lipinski definition) is 0. The Hall–Kier alpha value is -2.54. The van der Waals surface area contributed by atoms with Gasteiger partial charge >= 0.3 is 0 Å². The summed E-state index contributed by atoms with van der Waals surface area (Å²) >= 11 is 0. The Labute approximate surface area is 105 Å². The molecule has 0 unspecified atom stereocenters. The minimum Gasteiger partial charge on any atom is -0.459 e. The fourth-order valence-electron chi connectivity index (χ4n) is 1.62. The third-order valence-corrected chi connectivity index (χ3v) is 2.58. The van der Waals surface area contributed by atoms with Crippen LogP contribution in [0.2, 0.25) is 0 Å². The van der Waals surface area contributed by atoms with Gasteiger partial charge in [-0.25, -0.2) is 0 Å². The lowest BCUT2D eigenvalue weighted by Gasteiger charge is -2.15. The van der Waals surface area contributed by atoms with Crippen molar-refractivity contribution in [2.45, 2.75) is 6.54 Å². The zero-order valence-electron chi connectivity index (χ0n) is 9.96. The van der Waals surface area contributed by atoms with Crippen molar-refractivity contribution in [1.29, 1.82) is 5.26 Å². The predicted octanol–water partition coefficient (Wildman–Crippen LogP) is 2.42. The summed E-state index contributed by atoms with van der Waals surface area (Å²) in [5, 5.41) is 8.70. The molecule has 4 heteroatoms. The molecule has 0 N–H and O–H groups in total. The van der Waals surface area contributed by atoms with Gasteiger partial charge in [0.1, 0.15) is 0 Å². The van der Waals surface area contributed by atoms with Gasteiger partial charge in [0, 0.05) is 13.6 Å². The normalized spacial score (nSPS) is 9.78. The molecule has 0 aliphatic rings. The summed E-state index contributed by atoms with van der Waals surface area (Å²) in [4.78, 5) is 13.5. The van der Waals surface area contributed by atoms with Crippen molar-refractivity contribution in [1.82, 2.24) is 4.90 Å². The predicted molar refractivity (Wildman–Crippen MR) is 65.7 cm³/mol. The highest BCUT2D eigenvalue weighted by atomic mass is 16.3. The Bertz CT molecular complexity index is 565. The Kier molecular flexibility index (Phi) is 3.44. The van der Waals surface area contributed by atoms with Gasteiger partial charge in [-0.05, 0) is 29.8 Å². The lowest BCUT2D eigenvalue weighted by atomic mass is 10.1. The van der Waals surface area contributed by atoms with Crippen molar-refractivity contribution in [3.05, 3.63) is 59.5 Å². The summed E-state index contributed by atoms with van der Waals surface area (Å²) < 4.78 is 5.06. The molecule has 0 bridgehead atoms. The first kappa shape index (κ1) is 11.9. The number of rotatable bonds is 3. The minimum atomic E-state index is -0.163. The largest absolute Gasteiger partial charge is 0.459 e. The highest BCUT2D eigenvalue weighted by Gasteiger charge is 2.14. The maximum absolute atomic E-state index is 11.9. The van der Waals surface area contributed by atoms with Crippen LogP contribution < -0.4 is 0 Å². The van der Waals surface area contributed by atoms with Crippen LogP contribution in [0.15, 0.2) is 47.1 Å². The molecule has 1 amide bonds. The van der Waals surface area contributed by atoms with Gasteiger partial charge in [0.15, 0.2) is 5.76 Å². The van der Waals surface area contributed by atoms with E-state index in [9.17, 15) is 4.79 Å². The Morgan fingerprint density at radius 3 is 2.61 bits per heavy atom. The van der Waals surface area contributed by atoms with Gasteiger partial charge in [0.2, 0.25) is 0 Å². The van der Waals surface area contributed by atoms with Crippen molar-refractivity contribution >= 4 is 5.91 Å². The highest BCUT2D eigenvalue weighted by Crippen LogP contribution is 2.09. The molecule has 1 heterocycles. The molecule has 0 atom stereocenters. The van der Waals surface area contributed by atoms with Gasteiger partial charge in [0.25, 0.3) is 5.91 Å². The Morgan fingerprint density at radius 2 is 2.06 bits per heavy atom. The molecule has 0 aliphatic heterocycles. The Balaban J connectivity index is 2.05. The molecule has 90 valence electrons. The maximum Gasteiger partial charge on any atom is 0.289 e. The first-order chi connectivity index (χ1) is 8.70. The van der Waals surface area contributed by atoms with Crippen molar-refractivity contribution < 1.29 is 9.21 Å². The summed E-state index contributed by atoms with van der Waals surface area (Å²) in [6.07, 6.45) is 1.47. The van der Waals surface area contributed by atoms with E-state index in [-0.39, 0.29) is 5.91 Å². The van der Waals surface area contributed by atoms with Gasteiger partial charge in [-0.15, -0.1) is 0 Å². The monoisotopic (exact) mass is 240 g/mol. The molecule has 1 aromatic heterocycles. The third kappa shape index (κ3) is 2.58. The number of nitrogens with zero attached hydrogens (tertiary/aromatic N) is 2. The van der Waals surface area contributed by atoms with Crippen LogP contribution in [0.5, 0.6) is 0 Å². The molecule has 4 nitrogen and oxygen atoms in total. The SMILES string of the molecule is CN(Cc1ccc(C#N)cc1)C(=O)c1ccco1. The van der Waals surface area contributed by atoms with E-state index in [1.807, 2.05) is 12.1 Å². The lowest BCUT2D eigenvalue weighted by Crippen LogP contribution is -2.25. The fraction of sp³-hybridized carbons (Fsp3) is 0.143. The average molecular weight is 240 g/mol. The lowest BCUT2D eigenvalue weighted by molar-refractivity contribution is 0.0753. The number of carbonyl (C=O) groups excluding carboxylic acids is 1. The van der Waals surface area contributed by atoms with E-state index in [4.69, 9.17) is 9.68 Å². The Morgan fingerprint density at radius 1 is 1.33 bits per heavy atom. The van der Waals surface area contributed by atoms with E-state index in [0.717, 1.165) is 5.56 Å². The molecule has 1 aromatic carbocycles. The number of hydrogen-bond acceptors (Lipinski definition) is 3. The third-order valence-electron chi connectivity index (χ3n) is 2.58. The molecule has 2 aromatic rings. The first-order valence-corrected chi connectivity index (χ1v) is 5.48.